The van der Waals surface area contributed by atoms with Gasteiger partial charge in [-0.1, -0.05) is 40.3 Å². The van der Waals surface area contributed by atoms with Crippen molar-refractivity contribution in [1.82, 2.24) is 45.0 Å². The molecule has 22 heteroatoms. The van der Waals surface area contributed by atoms with Gasteiger partial charge in [-0.25, -0.2) is 19.0 Å². The lowest BCUT2D eigenvalue weighted by Gasteiger charge is -2.37. The first kappa shape index (κ1) is 54.7. The number of methoxy groups -OCH3 is 1. The van der Waals surface area contributed by atoms with Gasteiger partial charge in [0.25, 0.3) is 12.3 Å². The number of nitrogens with zero attached hydrogens (tertiary/aromatic N) is 7. The Balaban J connectivity index is 1.22. The Kier molecular flexibility index (Phi) is 16.0. The van der Waals surface area contributed by atoms with E-state index in [-0.39, 0.29) is 79.8 Å². The Bertz CT molecular complexity index is 2840. The zero-order valence-electron chi connectivity index (χ0n) is 43.1. The first-order valence-corrected chi connectivity index (χ1v) is 25.1. The average Bonchev–Trinajstić information content (AvgIpc) is 3.94. The summed E-state index contributed by atoms with van der Waals surface area (Å²) in [6.45, 7) is 11.7. The van der Waals surface area contributed by atoms with Crippen molar-refractivity contribution in [2.45, 2.75) is 116 Å². The molecule has 6 atom stereocenters. The number of ether oxygens (including phenoxy) is 3. The summed E-state index contributed by atoms with van der Waals surface area (Å²) in [4.78, 5) is 84.2. The van der Waals surface area contributed by atoms with Gasteiger partial charge in [-0.3, -0.25) is 34.2 Å². The number of alkyl halides is 5. The molecule has 4 aliphatic rings. The van der Waals surface area contributed by atoms with Gasteiger partial charge in [0.2, 0.25) is 11.8 Å². The van der Waals surface area contributed by atoms with Crippen molar-refractivity contribution < 1.29 is 60.1 Å². The van der Waals surface area contributed by atoms with Crippen LogP contribution in [0, 0.1) is 11.3 Å². The highest BCUT2D eigenvalue weighted by molar-refractivity contribution is 5.96. The molecule has 2 N–H and O–H groups in total. The number of pyridine rings is 2. The quantitative estimate of drug-likeness (QED) is 0.0970. The molecule has 3 aromatic heterocycles. The van der Waals surface area contributed by atoms with Gasteiger partial charge in [0.05, 0.1) is 55.1 Å². The van der Waals surface area contributed by atoms with Gasteiger partial charge < -0.3 is 38.8 Å². The van der Waals surface area contributed by atoms with Crippen LogP contribution in [0.5, 0.6) is 0 Å². The number of morpholine rings is 1. The van der Waals surface area contributed by atoms with Crippen molar-refractivity contribution in [3.63, 3.8) is 0 Å². The molecule has 6 bridgehead atoms. The Morgan fingerprint density at radius 2 is 1.84 bits per heavy atom. The number of likely N-dealkylation sites (N-methyl/N-ethyl adjacent to an activating group) is 1. The summed E-state index contributed by atoms with van der Waals surface area (Å²) in [6, 6.07) is 5.46. The normalized spacial score (nSPS) is 22.1. The van der Waals surface area contributed by atoms with Crippen molar-refractivity contribution in [2.24, 2.45) is 11.3 Å². The summed E-state index contributed by atoms with van der Waals surface area (Å²) in [5, 5.41) is 4.36. The number of hydrogen-bond donors (Lipinski definition) is 2. The fraction of sp³-hybridized carbons (Fsp3) is 0.528. The van der Waals surface area contributed by atoms with E-state index >= 15 is 8.78 Å². The highest BCUT2D eigenvalue weighted by Crippen LogP contribution is 2.43. The molecule has 5 amide bonds. The molecule has 404 valence electrons. The molecular formula is C53H64F5N9O8. The van der Waals surface area contributed by atoms with Crippen LogP contribution >= 0.6 is 0 Å². The highest BCUT2D eigenvalue weighted by atomic mass is 19.4. The lowest BCUT2D eigenvalue weighted by molar-refractivity contribution is -0.155. The summed E-state index contributed by atoms with van der Waals surface area (Å²) in [6.07, 6.45) is -5.92. The molecule has 75 heavy (non-hydrogen) atoms. The third-order valence-corrected chi connectivity index (χ3v) is 14.5. The number of likely N-dealkylation sites (tertiary alicyclic amines) is 1. The number of carbonyl (C=O) groups excluding carboxylic acids is 5. The second kappa shape index (κ2) is 22.0. The average molecular weight is 1050 g/mol. The van der Waals surface area contributed by atoms with Crippen LogP contribution in [0.3, 0.4) is 0 Å². The molecule has 1 aromatic carbocycles. The zero-order chi connectivity index (χ0) is 54.3. The number of benzene rings is 1. The maximum Gasteiger partial charge on any atom is 0.406 e. The van der Waals surface area contributed by atoms with Crippen LogP contribution in [0.25, 0.3) is 33.4 Å². The molecule has 0 spiro atoms. The Morgan fingerprint density at radius 3 is 2.53 bits per heavy atom. The van der Waals surface area contributed by atoms with Crippen molar-refractivity contribution in [1.29, 1.82) is 0 Å². The number of halogens is 5. The zero-order valence-corrected chi connectivity index (χ0v) is 43.1. The molecule has 3 fully saturated rings. The first-order valence-electron chi connectivity index (χ1n) is 25.1. The number of rotatable bonds is 10. The fourth-order valence-electron chi connectivity index (χ4n) is 10.8. The lowest BCUT2D eigenvalue weighted by Crippen LogP contribution is -2.62. The van der Waals surface area contributed by atoms with Crippen LogP contribution in [0.1, 0.15) is 82.5 Å². The minimum atomic E-state index is -4.70. The van der Waals surface area contributed by atoms with Gasteiger partial charge in [-0.15, -0.1) is 0 Å². The van der Waals surface area contributed by atoms with Crippen molar-refractivity contribution in [3.8, 4) is 22.5 Å². The summed E-state index contributed by atoms with van der Waals surface area (Å²) in [5.74, 6) is -3.00. The predicted octanol–water partition coefficient (Wildman–Crippen LogP) is 6.80. The van der Waals surface area contributed by atoms with Crippen LogP contribution in [-0.4, -0.2) is 154 Å². The van der Waals surface area contributed by atoms with E-state index in [4.69, 9.17) is 19.2 Å². The first-order chi connectivity index (χ1) is 35.5. The molecular weight excluding hydrogens is 986 g/mol. The number of cyclic esters (lactones) is 1. The highest BCUT2D eigenvalue weighted by Gasteiger charge is 2.46. The van der Waals surface area contributed by atoms with E-state index in [1.54, 1.807) is 57.7 Å². The van der Waals surface area contributed by atoms with Gasteiger partial charge >= 0.3 is 18.2 Å². The minimum Gasteiger partial charge on any atom is -0.464 e. The predicted molar refractivity (Wildman–Crippen MR) is 266 cm³/mol. The number of amides is 5. The lowest BCUT2D eigenvalue weighted by atomic mass is 9.84. The largest absolute Gasteiger partial charge is 0.464 e. The third-order valence-electron chi connectivity index (χ3n) is 14.5. The maximum absolute atomic E-state index is 15.0. The molecule has 0 radical (unpaired) electrons. The molecule has 4 aromatic rings. The topological polar surface area (TPSA) is 181 Å². The number of nitrogens with one attached hydrogen (secondary N) is 2. The molecule has 3 saturated heterocycles. The monoisotopic (exact) mass is 1050 g/mol. The number of hydrogen-bond acceptors (Lipinski definition) is 11. The smallest absolute Gasteiger partial charge is 0.406 e. The number of carbonyl (C=O) groups is 5. The second-order valence-corrected chi connectivity index (χ2v) is 20.9. The standard InChI is InChI=1S/C53H64F5N9O8/c1-9-43(68)65-18-19-74-42-26-64(25-41(42)65)51(72)63(7)45(29(2)3)48(69)61-39-23-33-20-32(47(54)55)22-38(60-33)31-14-15-40-35(21-31)36(24-52(5,6)28-75-50(71)37-13-11-17-67(62-37)49(39)70)46(66(40)27-53(56,57)58)34-12-10-16-59-44(34)30(4)73-8/h9-10,12,14-16,20-22,29-30,37,39,41-42,45,47,62H,1,11,13,17-19,23-28H2,2-8H3,(H,61,69)/t30-,37-,39-,41+,42-,45-/m0/s1. The summed E-state index contributed by atoms with van der Waals surface area (Å²) in [7, 11) is 2.92. The number of hydrazine groups is 1. The molecule has 0 saturated carbocycles. The van der Waals surface area contributed by atoms with E-state index < -0.39 is 103 Å². The van der Waals surface area contributed by atoms with Gasteiger partial charge in [0.15, 0.2) is 0 Å². The van der Waals surface area contributed by atoms with Crippen LogP contribution in [0.4, 0.5) is 26.7 Å². The van der Waals surface area contributed by atoms with E-state index in [1.165, 1.54) is 59.4 Å². The van der Waals surface area contributed by atoms with Crippen LogP contribution in [0.2, 0.25) is 0 Å². The molecule has 4 aliphatic heterocycles. The maximum atomic E-state index is 15.0. The minimum absolute atomic E-state index is 0.0211. The molecule has 7 heterocycles. The van der Waals surface area contributed by atoms with Crippen molar-refractivity contribution in [3.05, 3.63) is 83.8 Å². The van der Waals surface area contributed by atoms with Crippen LogP contribution in [0.15, 0.2) is 61.3 Å². The van der Waals surface area contributed by atoms with Crippen LogP contribution < -0.4 is 10.7 Å². The number of urea groups is 1. The Hall–Kier alpha value is -6.52. The fourth-order valence-corrected chi connectivity index (χ4v) is 10.8. The van der Waals surface area contributed by atoms with Crippen molar-refractivity contribution in [2.75, 3.05) is 53.6 Å². The molecule has 8 rings (SSSR count). The summed E-state index contributed by atoms with van der Waals surface area (Å²) < 4.78 is 93.1. The van der Waals surface area contributed by atoms with Gasteiger partial charge in [-0.05, 0) is 80.1 Å². The van der Waals surface area contributed by atoms with E-state index in [0.29, 0.717) is 35.2 Å². The van der Waals surface area contributed by atoms with Crippen molar-refractivity contribution >= 4 is 40.6 Å². The van der Waals surface area contributed by atoms with Gasteiger partial charge in [0.1, 0.15) is 24.7 Å². The Morgan fingerprint density at radius 1 is 1.08 bits per heavy atom. The van der Waals surface area contributed by atoms with Gasteiger partial charge in [0, 0.05) is 85.1 Å². The van der Waals surface area contributed by atoms with E-state index in [2.05, 4.69) is 22.3 Å². The second-order valence-electron chi connectivity index (χ2n) is 20.9. The molecule has 0 unspecified atom stereocenters. The Labute approximate surface area is 431 Å². The number of fused-ring (bicyclic) bond motifs is 7. The summed E-state index contributed by atoms with van der Waals surface area (Å²) in [5.41, 5.74) is 3.37. The number of esters is 1. The molecule has 0 aliphatic carbocycles. The van der Waals surface area contributed by atoms with E-state index in [9.17, 15) is 37.1 Å². The van der Waals surface area contributed by atoms with Crippen LogP contribution in [-0.2, 0) is 52.8 Å². The third kappa shape index (κ3) is 11.7. The summed E-state index contributed by atoms with van der Waals surface area (Å²) >= 11 is 0. The van der Waals surface area contributed by atoms with E-state index in [0.717, 1.165) is 10.6 Å². The number of aromatic nitrogens is 3. The SMILES string of the molecule is C=CC(=O)N1CCO[C@H]2CN(C(=O)N(C)[C@H](C(=O)N[C@H]3Cc4cc(C(F)F)cc(n4)-c4ccc5c(c4)c(c(-c4cccnc4[C@H](C)OC)n5CC(F)(F)F)CC(C)(C)COC(=O)[C@@H]4CCCN(N4)C3=O)C(C)C)C[C@H]21. The van der Waals surface area contributed by atoms with E-state index in [1.807, 2.05) is 0 Å². The van der Waals surface area contributed by atoms with Gasteiger partial charge in [-0.2, -0.15) is 13.2 Å². The molecule has 17 nitrogen and oxygen atoms in total.